The highest BCUT2D eigenvalue weighted by Crippen LogP contribution is 2.18. The number of amides is 1. The quantitative estimate of drug-likeness (QED) is 0.916. The zero-order valence-corrected chi connectivity index (χ0v) is 12.2. The van der Waals surface area contributed by atoms with Gasteiger partial charge >= 0.3 is 0 Å². The Morgan fingerprint density at radius 1 is 1.10 bits per heavy atom. The van der Waals surface area contributed by atoms with Crippen LogP contribution in [0.25, 0.3) is 0 Å². The molecule has 0 spiro atoms. The number of carbonyl (C=O) groups is 1. The minimum absolute atomic E-state index is 0.0736. The Labute approximate surface area is 124 Å². The number of hydrogen-bond acceptors (Lipinski definition) is 2. The van der Waals surface area contributed by atoms with Gasteiger partial charge in [-0.15, -0.1) is 0 Å². The zero-order chi connectivity index (χ0) is 15.2. The van der Waals surface area contributed by atoms with Crippen LogP contribution in [-0.4, -0.2) is 24.9 Å². The maximum absolute atomic E-state index is 12.8. The van der Waals surface area contributed by atoms with Crippen molar-refractivity contribution in [3.05, 3.63) is 71.5 Å². The maximum atomic E-state index is 12.8. The van der Waals surface area contributed by atoms with Crippen molar-refractivity contribution in [2.24, 2.45) is 0 Å². The van der Waals surface area contributed by atoms with Gasteiger partial charge < -0.3 is 5.32 Å². The number of likely N-dealkylation sites (N-methyl/N-ethyl adjacent to an activating group) is 1. The molecule has 0 saturated carbocycles. The summed E-state index contributed by atoms with van der Waals surface area (Å²) in [7, 11) is 3.74. The topological polar surface area (TPSA) is 32.3 Å². The van der Waals surface area contributed by atoms with Crippen LogP contribution in [-0.2, 0) is 11.3 Å². The van der Waals surface area contributed by atoms with Crippen LogP contribution in [0.15, 0.2) is 54.6 Å². The fraction of sp³-hybridized carbons (Fsp3) is 0.235. The molecule has 4 heteroatoms. The summed E-state index contributed by atoms with van der Waals surface area (Å²) in [5.41, 5.74) is 1.81. The van der Waals surface area contributed by atoms with Gasteiger partial charge in [0.15, 0.2) is 0 Å². The lowest BCUT2D eigenvalue weighted by Crippen LogP contribution is -2.36. The number of hydrogen-bond donors (Lipinski definition) is 1. The lowest BCUT2D eigenvalue weighted by molar-refractivity contribution is -0.125. The van der Waals surface area contributed by atoms with E-state index in [2.05, 4.69) is 5.32 Å². The SMILES string of the molecule is CN(C)C(C(=O)NCc1ccc(F)cc1)c1ccccc1. The molecule has 1 atom stereocenters. The molecule has 0 aliphatic carbocycles. The second-order valence-corrected chi connectivity index (χ2v) is 5.12. The fourth-order valence-electron chi connectivity index (χ4n) is 2.21. The Balaban J connectivity index is 2.04. The summed E-state index contributed by atoms with van der Waals surface area (Å²) in [5, 5.41) is 2.90. The standard InChI is InChI=1S/C17H19FN2O/c1-20(2)16(14-6-4-3-5-7-14)17(21)19-12-13-8-10-15(18)11-9-13/h3-11,16H,12H2,1-2H3,(H,19,21). The molecular formula is C17H19FN2O. The van der Waals surface area contributed by atoms with Gasteiger partial charge in [-0.25, -0.2) is 4.39 Å². The van der Waals surface area contributed by atoms with Gasteiger partial charge in [0, 0.05) is 6.54 Å². The highest BCUT2D eigenvalue weighted by Gasteiger charge is 2.22. The number of rotatable bonds is 5. The summed E-state index contributed by atoms with van der Waals surface area (Å²) in [6.45, 7) is 0.385. The van der Waals surface area contributed by atoms with Crippen LogP contribution in [0.3, 0.4) is 0 Å². The summed E-state index contributed by atoms with van der Waals surface area (Å²) in [5.74, 6) is -0.351. The number of nitrogens with zero attached hydrogens (tertiary/aromatic N) is 1. The molecule has 0 saturated heterocycles. The van der Waals surface area contributed by atoms with Gasteiger partial charge in [-0.3, -0.25) is 9.69 Å². The van der Waals surface area contributed by atoms with Crippen LogP contribution in [0, 0.1) is 5.82 Å². The van der Waals surface area contributed by atoms with Crippen molar-refractivity contribution in [1.29, 1.82) is 0 Å². The lowest BCUT2D eigenvalue weighted by Gasteiger charge is -2.23. The first-order valence-corrected chi connectivity index (χ1v) is 6.81. The average molecular weight is 286 g/mol. The monoisotopic (exact) mass is 286 g/mol. The molecule has 1 amide bonds. The number of benzene rings is 2. The smallest absolute Gasteiger partial charge is 0.242 e. The van der Waals surface area contributed by atoms with Crippen LogP contribution in [0.1, 0.15) is 17.2 Å². The van der Waals surface area contributed by atoms with Gasteiger partial charge in [0.05, 0.1) is 0 Å². The second kappa shape index (κ2) is 6.99. The van der Waals surface area contributed by atoms with Crippen LogP contribution in [0.2, 0.25) is 0 Å². The molecule has 0 radical (unpaired) electrons. The van der Waals surface area contributed by atoms with Gasteiger partial charge in [0.1, 0.15) is 11.9 Å². The molecule has 2 rings (SSSR count). The van der Waals surface area contributed by atoms with Gasteiger partial charge in [-0.2, -0.15) is 0 Å². The third kappa shape index (κ3) is 4.13. The number of halogens is 1. The summed E-state index contributed by atoms with van der Waals surface area (Å²) in [4.78, 5) is 14.3. The van der Waals surface area contributed by atoms with Crippen molar-refractivity contribution in [3.63, 3.8) is 0 Å². The molecule has 0 fully saturated rings. The summed E-state index contributed by atoms with van der Waals surface area (Å²) >= 11 is 0. The molecule has 3 nitrogen and oxygen atoms in total. The van der Waals surface area contributed by atoms with E-state index in [1.165, 1.54) is 12.1 Å². The van der Waals surface area contributed by atoms with E-state index in [9.17, 15) is 9.18 Å². The molecule has 2 aromatic rings. The normalized spacial score (nSPS) is 12.2. The van der Waals surface area contributed by atoms with Crippen LogP contribution >= 0.6 is 0 Å². The molecule has 1 unspecified atom stereocenters. The Morgan fingerprint density at radius 3 is 2.29 bits per heavy atom. The van der Waals surface area contributed by atoms with Gasteiger partial charge in [-0.05, 0) is 37.4 Å². The van der Waals surface area contributed by atoms with Gasteiger partial charge in [-0.1, -0.05) is 42.5 Å². The third-order valence-electron chi connectivity index (χ3n) is 3.26. The van der Waals surface area contributed by atoms with E-state index in [4.69, 9.17) is 0 Å². The second-order valence-electron chi connectivity index (χ2n) is 5.12. The molecule has 1 N–H and O–H groups in total. The Bertz CT molecular complexity index is 581. The highest BCUT2D eigenvalue weighted by atomic mass is 19.1. The molecule has 0 aliphatic rings. The minimum Gasteiger partial charge on any atom is -0.350 e. The largest absolute Gasteiger partial charge is 0.350 e. The van der Waals surface area contributed by atoms with Gasteiger partial charge in [0.2, 0.25) is 5.91 Å². The molecule has 0 bridgehead atoms. The zero-order valence-electron chi connectivity index (χ0n) is 12.2. The van der Waals surface area contributed by atoms with Crippen molar-refractivity contribution in [2.45, 2.75) is 12.6 Å². The maximum Gasteiger partial charge on any atom is 0.242 e. The first kappa shape index (κ1) is 15.2. The Kier molecular flexibility index (Phi) is 5.06. The van der Waals surface area contributed by atoms with Crippen molar-refractivity contribution in [2.75, 3.05) is 14.1 Å². The highest BCUT2D eigenvalue weighted by molar-refractivity contribution is 5.83. The number of carbonyl (C=O) groups excluding carboxylic acids is 1. The van der Waals surface area contributed by atoms with E-state index in [0.717, 1.165) is 11.1 Å². The molecule has 110 valence electrons. The fourth-order valence-corrected chi connectivity index (χ4v) is 2.21. The predicted octanol–water partition coefficient (Wildman–Crippen LogP) is 2.74. The molecule has 0 aromatic heterocycles. The van der Waals surface area contributed by atoms with Crippen molar-refractivity contribution < 1.29 is 9.18 Å². The van der Waals surface area contributed by atoms with E-state index in [-0.39, 0.29) is 17.8 Å². The van der Waals surface area contributed by atoms with Crippen molar-refractivity contribution >= 4 is 5.91 Å². The Morgan fingerprint density at radius 2 is 1.71 bits per heavy atom. The van der Waals surface area contributed by atoms with Crippen LogP contribution < -0.4 is 5.32 Å². The van der Waals surface area contributed by atoms with E-state index < -0.39 is 0 Å². The van der Waals surface area contributed by atoms with Crippen molar-refractivity contribution in [1.82, 2.24) is 10.2 Å². The van der Waals surface area contributed by atoms with E-state index >= 15 is 0 Å². The number of nitrogens with one attached hydrogen (secondary N) is 1. The molecule has 0 heterocycles. The van der Waals surface area contributed by atoms with Crippen LogP contribution in [0.4, 0.5) is 4.39 Å². The minimum atomic E-state index is -0.341. The third-order valence-corrected chi connectivity index (χ3v) is 3.26. The molecular weight excluding hydrogens is 267 g/mol. The first-order chi connectivity index (χ1) is 10.1. The molecule has 2 aromatic carbocycles. The van der Waals surface area contributed by atoms with Gasteiger partial charge in [0.25, 0.3) is 0 Å². The average Bonchev–Trinajstić information content (AvgIpc) is 2.47. The van der Waals surface area contributed by atoms with E-state index in [1.807, 2.05) is 49.3 Å². The first-order valence-electron chi connectivity index (χ1n) is 6.81. The summed E-state index contributed by atoms with van der Waals surface area (Å²) in [6.07, 6.45) is 0. The van der Waals surface area contributed by atoms with Crippen LogP contribution in [0.5, 0.6) is 0 Å². The molecule has 0 aliphatic heterocycles. The lowest BCUT2D eigenvalue weighted by atomic mass is 10.1. The van der Waals surface area contributed by atoms with Crippen molar-refractivity contribution in [3.8, 4) is 0 Å². The van der Waals surface area contributed by atoms with E-state index in [0.29, 0.717) is 6.54 Å². The van der Waals surface area contributed by atoms with E-state index in [1.54, 1.807) is 12.1 Å². The summed E-state index contributed by atoms with van der Waals surface area (Å²) in [6, 6.07) is 15.4. The predicted molar refractivity (Wildman–Crippen MR) is 81.1 cm³/mol. The Hall–Kier alpha value is -2.20. The molecule has 21 heavy (non-hydrogen) atoms. The summed E-state index contributed by atoms with van der Waals surface area (Å²) < 4.78 is 12.8.